The number of amides is 3. The number of carbonyl (C=O) groups is 2. The Balaban J connectivity index is 1.54. The van der Waals surface area contributed by atoms with Gasteiger partial charge in [0.25, 0.3) is 5.92 Å². The molecule has 154 valence electrons. The number of thiazole rings is 1. The molecular weight excluding hydrogens is 400 g/mol. The molecule has 7 nitrogen and oxygen atoms in total. The molecule has 0 unspecified atom stereocenters. The quantitative estimate of drug-likeness (QED) is 0.791. The van der Waals surface area contributed by atoms with E-state index in [0.717, 1.165) is 33.9 Å². The van der Waals surface area contributed by atoms with Gasteiger partial charge in [0.1, 0.15) is 6.04 Å². The van der Waals surface area contributed by atoms with Gasteiger partial charge in [0.2, 0.25) is 5.91 Å². The number of urea groups is 1. The Morgan fingerprint density at radius 1 is 1.38 bits per heavy atom. The van der Waals surface area contributed by atoms with Gasteiger partial charge in [-0.2, -0.15) is 0 Å². The van der Waals surface area contributed by atoms with E-state index < -0.39 is 36.9 Å². The molecule has 2 aromatic rings. The molecule has 1 aliphatic carbocycles. The van der Waals surface area contributed by atoms with Crippen LogP contribution in [0.3, 0.4) is 0 Å². The molecule has 3 N–H and O–H groups in total. The number of halogens is 2. The van der Waals surface area contributed by atoms with Crippen LogP contribution in [0.1, 0.15) is 37.6 Å². The molecular formula is C19H21F2N5O2S. The van der Waals surface area contributed by atoms with Crippen LogP contribution in [-0.2, 0) is 10.2 Å². The molecule has 2 aromatic heterocycles. The molecule has 1 aliphatic heterocycles. The van der Waals surface area contributed by atoms with Gasteiger partial charge in [-0.05, 0) is 37.5 Å². The van der Waals surface area contributed by atoms with Gasteiger partial charge in [-0.3, -0.25) is 15.1 Å². The van der Waals surface area contributed by atoms with Crippen LogP contribution >= 0.6 is 11.3 Å². The fraction of sp³-hybridized carbons (Fsp3) is 0.474. The maximum atomic E-state index is 13.7. The van der Waals surface area contributed by atoms with E-state index in [1.165, 1.54) is 11.3 Å². The molecule has 3 amide bonds. The fourth-order valence-corrected chi connectivity index (χ4v) is 4.46. The summed E-state index contributed by atoms with van der Waals surface area (Å²) in [6.07, 6.45) is 3.20. The number of likely N-dealkylation sites (tertiary alicyclic amines) is 1. The number of carbonyl (C=O) groups excluding carboxylic acids is 2. The third-order valence-electron chi connectivity index (χ3n) is 5.51. The van der Waals surface area contributed by atoms with Gasteiger partial charge in [-0.1, -0.05) is 18.3 Å². The minimum Gasteiger partial charge on any atom is -0.368 e. The zero-order valence-electron chi connectivity index (χ0n) is 16.0. The molecule has 1 saturated carbocycles. The van der Waals surface area contributed by atoms with Crippen molar-refractivity contribution in [2.24, 2.45) is 5.73 Å². The highest BCUT2D eigenvalue weighted by Crippen LogP contribution is 2.47. The van der Waals surface area contributed by atoms with Gasteiger partial charge in [0.05, 0.1) is 17.1 Å². The number of nitrogens with two attached hydrogens (primary N) is 1. The summed E-state index contributed by atoms with van der Waals surface area (Å²) in [5.74, 6) is -4.10. The van der Waals surface area contributed by atoms with E-state index in [0.29, 0.717) is 5.69 Å². The van der Waals surface area contributed by atoms with Crippen LogP contribution in [0.5, 0.6) is 0 Å². The van der Waals surface area contributed by atoms with Crippen LogP contribution in [0.2, 0.25) is 0 Å². The highest BCUT2D eigenvalue weighted by Gasteiger charge is 2.49. The van der Waals surface area contributed by atoms with Crippen molar-refractivity contribution in [1.82, 2.24) is 14.9 Å². The molecule has 29 heavy (non-hydrogen) atoms. The van der Waals surface area contributed by atoms with Crippen molar-refractivity contribution in [3.8, 4) is 10.4 Å². The second-order valence-corrected chi connectivity index (χ2v) is 8.96. The molecule has 0 radical (unpaired) electrons. The molecule has 0 spiro atoms. The molecule has 3 heterocycles. The summed E-state index contributed by atoms with van der Waals surface area (Å²) >= 11 is 1.25. The summed E-state index contributed by atoms with van der Waals surface area (Å²) in [5, 5.41) is 2.81. The van der Waals surface area contributed by atoms with Gasteiger partial charge in [-0.15, -0.1) is 0 Å². The average Bonchev–Trinajstić information content (AvgIpc) is 3.16. The Hall–Kier alpha value is -2.62. The lowest BCUT2D eigenvalue weighted by atomic mass is 10.0. The lowest BCUT2D eigenvalue weighted by Gasteiger charge is -2.20. The predicted octanol–water partition coefficient (Wildman–Crippen LogP) is 3.29. The highest BCUT2D eigenvalue weighted by atomic mass is 32.1. The Kier molecular flexibility index (Phi) is 4.56. The smallest absolute Gasteiger partial charge is 0.324 e. The molecule has 10 heteroatoms. The minimum atomic E-state index is -3.15. The number of aryl methyl sites for hydroxylation is 1. The molecule has 0 bridgehead atoms. The van der Waals surface area contributed by atoms with E-state index in [4.69, 9.17) is 5.73 Å². The molecule has 2 aliphatic rings. The number of rotatable bonds is 4. The van der Waals surface area contributed by atoms with Crippen molar-refractivity contribution in [3.05, 3.63) is 29.7 Å². The predicted molar refractivity (Wildman–Crippen MR) is 105 cm³/mol. The topological polar surface area (TPSA) is 101 Å². The number of alkyl halides is 2. The zero-order valence-corrected chi connectivity index (χ0v) is 16.9. The standard InChI is InChI=1S/C19H21F2N5O2S/c1-10-14(11-3-6-23-13(7-11)18(2)4-5-18)29-16(24-10)25-17(28)26-9-19(20,21)8-12(26)15(22)27/h3,6-7,12H,4-5,8-9H2,1-2H3,(H2,22,27)(H,24,25,28)/t12-/m0/s1. The van der Waals surface area contributed by atoms with E-state index in [9.17, 15) is 18.4 Å². The maximum absolute atomic E-state index is 13.7. The number of hydrogen-bond acceptors (Lipinski definition) is 5. The molecule has 1 saturated heterocycles. The van der Waals surface area contributed by atoms with Crippen molar-refractivity contribution in [1.29, 1.82) is 0 Å². The number of hydrogen-bond donors (Lipinski definition) is 2. The lowest BCUT2D eigenvalue weighted by molar-refractivity contribution is -0.121. The van der Waals surface area contributed by atoms with Crippen molar-refractivity contribution in [2.45, 2.75) is 50.5 Å². The Morgan fingerprint density at radius 3 is 2.76 bits per heavy atom. The van der Waals surface area contributed by atoms with Gasteiger partial charge < -0.3 is 10.6 Å². The van der Waals surface area contributed by atoms with E-state index in [2.05, 4.69) is 22.2 Å². The normalized spacial score (nSPS) is 21.8. The SMILES string of the molecule is Cc1nc(NC(=O)N2CC(F)(F)C[C@H]2C(N)=O)sc1-c1ccnc(C2(C)CC2)c1. The number of primary amides is 1. The fourth-order valence-electron chi connectivity index (χ4n) is 3.51. The largest absolute Gasteiger partial charge is 0.368 e. The third-order valence-corrected chi connectivity index (χ3v) is 6.63. The van der Waals surface area contributed by atoms with Gasteiger partial charge in [-0.25, -0.2) is 18.6 Å². The van der Waals surface area contributed by atoms with Crippen LogP contribution < -0.4 is 11.1 Å². The van der Waals surface area contributed by atoms with Crippen LogP contribution in [0.15, 0.2) is 18.3 Å². The van der Waals surface area contributed by atoms with E-state index >= 15 is 0 Å². The Morgan fingerprint density at radius 2 is 2.10 bits per heavy atom. The maximum Gasteiger partial charge on any atom is 0.324 e. The average molecular weight is 421 g/mol. The van der Waals surface area contributed by atoms with Gasteiger partial charge >= 0.3 is 6.03 Å². The molecule has 2 fully saturated rings. The monoisotopic (exact) mass is 421 g/mol. The number of nitrogens with zero attached hydrogens (tertiary/aromatic N) is 3. The first-order valence-corrected chi connectivity index (χ1v) is 10.1. The second kappa shape index (κ2) is 6.72. The van der Waals surface area contributed by atoms with E-state index in [1.807, 2.05) is 19.1 Å². The molecule has 1 atom stereocenters. The second-order valence-electron chi connectivity index (χ2n) is 7.96. The van der Waals surface area contributed by atoms with Crippen LogP contribution in [0.25, 0.3) is 10.4 Å². The van der Waals surface area contributed by atoms with Crippen molar-refractivity contribution in [2.75, 3.05) is 11.9 Å². The highest BCUT2D eigenvalue weighted by molar-refractivity contribution is 7.19. The summed E-state index contributed by atoms with van der Waals surface area (Å²) in [5.41, 5.74) is 7.99. The van der Waals surface area contributed by atoms with Crippen molar-refractivity contribution >= 4 is 28.4 Å². The zero-order chi connectivity index (χ0) is 21.0. The number of nitrogens with one attached hydrogen (secondary N) is 1. The summed E-state index contributed by atoms with van der Waals surface area (Å²) in [7, 11) is 0. The van der Waals surface area contributed by atoms with E-state index in [1.54, 1.807) is 6.20 Å². The summed E-state index contributed by atoms with van der Waals surface area (Å²) in [6.45, 7) is 3.14. The summed E-state index contributed by atoms with van der Waals surface area (Å²) in [6, 6.07) is 1.76. The molecule has 4 rings (SSSR count). The van der Waals surface area contributed by atoms with Gasteiger partial charge in [0.15, 0.2) is 5.13 Å². The van der Waals surface area contributed by atoms with Crippen molar-refractivity contribution in [3.63, 3.8) is 0 Å². The van der Waals surface area contributed by atoms with Crippen LogP contribution in [0, 0.1) is 6.92 Å². The van der Waals surface area contributed by atoms with Crippen LogP contribution in [-0.4, -0.2) is 45.3 Å². The minimum absolute atomic E-state index is 0.121. The first-order valence-electron chi connectivity index (χ1n) is 9.27. The number of anilines is 1. The lowest BCUT2D eigenvalue weighted by Crippen LogP contribution is -2.45. The van der Waals surface area contributed by atoms with Gasteiger partial charge in [0, 0.05) is 23.7 Å². The van der Waals surface area contributed by atoms with E-state index in [-0.39, 0.29) is 10.5 Å². The number of aromatic nitrogens is 2. The Bertz CT molecular complexity index is 989. The first-order chi connectivity index (χ1) is 13.6. The first kappa shape index (κ1) is 19.7. The third kappa shape index (κ3) is 3.81. The van der Waals surface area contributed by atoms with Crippen molar-refractivity contribution < 1.29 is 18.4 Å². The molecule has 0 aromatic carbocycles. The Labute approximate surface area is 170 Å². The van der Waals surface area contributed by atoms with Crippen LogP contribution in [0.4, 0.5) is 18.7 Å². The number of pyridine rings is 1. The summed E-state index contributed by atoms with van der Waals surface area (Å²) in [4.78, 5) is 34.4. The summed E-state index contributed by atoms with van der Waals surface area (Å²) < 4.78 is 27.4.